The summed E-state index contributed by atoms with van der Waals surface area (Å²) in [6.45, 7) is 0.650. The largest absolute Gasteiger partial charge is 0.505 e. The SMILES string of the molecule is O=C(O)OCCCCCCCCCCCCCCCCCOC(=O)O. The summed E-state index contributed by atoms with van der Waals surface area (Å²) in [5.41, 5.74) is 0. The first-order valence-corrected chi connectivity index (χ1v) is 9.84. The normalized spacial score (nSPS) is 10.6. The lowest BCUT2D eigenvalue weighted by Gasteiger charge is -2.04. The van der Waals surface area contributed by atoms with E-state index >= 15 is 0 Å². The summed E-state index contributed by atoms with van der Waals surface area (Å²) in [6.07, 6.45) is 15.3. The second-order valence-electron chi connectivity index (χ2n) is 6.53. The fourth-order valence-electron chi connectivity index (χ4n) is 2.82. The summed E-state index contributed by atoms with van der Waals surface area (Å²) < 4.78 is 8.93. The van der Waals surface area contributed by atoms with Gasteiger partial charge in [-0.05, 0) is 12.8 Å². The van der Waals surface area contributed by atoms with E-state index in [2.05, 4.69) is 9.47 Å². The van der Waals surface area contributed by atoms with Crippen molar-refractivity contribution in [1.29, 1.82) is 0 Å². The van der Waals surface area contributed by atoms with Crippen LogP contribution in [0, 0.1) is 0 Å². The molecule has 0 heterocycles. The molecule has 0 aromatic carbocycles. The highest BCUT2D eigenvalue weighted by Gasteiger charge is 1.98. The molecule has 6 heteroatoms. The van der Waals surface area contributed by atoms with E-state index in [1.165, 1.54) is 70.6 Å². The van der Waals surface area contributed by atoms with E-state index in [1.54, 1.807) is 0 Å². The molecular weight excluding hydrogens is 324 g/mol. The van der Waals surface area contributed by atoms with E-state index in [0.717, 1.165) is 25.7 Å². The average Bonchev–Trinajstić information content (AvgIpc) is 2.56. The molecule has 0 unspecified atom stereocenters. The molecule has 0 atom stereocenters. The predicted octanol–water partition coefficient (Wildman–Crippen LogP) is 6.23. The van der Waals surface area contributed by atoms with Gasteiger partial charge in [-0.1, -0.05) is 83.5 Å². The summed E-state index contributed by atoms with van der Waals surface area (Å²) in [4.78, 5) is 20.3. The minimum atomic E-state index is -1.18. The number of ether oxygens (including phenoxy) is 2. The van der Waals surface area contributed by atoms with Gasteiger partial charge in [-0.25, -0.2) is 9.59 Å². The van der Waals surface area contributed by atoms with E-state index in [0.29, 0.717) is 13.2 Å². The Balaban J connectivity index is 3.00. The number of carbonyl (C=O) groups is 2. The van der Waals surface area contributed by atoms with Crippen LogP contribution in [-0.4, -0.2) is 35.7 Å². The Kier molecular flexibility index (Phi) is 17.8. The number of carboxylic acid groups (broad SMARTS) is 2. The highest BCUT2D eigenvalue weighted by atomic mass is 16.7. The molecule has 0 saturated heterocycles. The molecule has 6 nitrogen and oxygen atoms in total. The monoisotopic (exact) mass is 360 g/mol. The fourth-order valence-corrected chi connectivity index (χ4v) is 2.82. The Hall–Kier alpha value is -1.46. The number of hydrogen-bond acceptors (Lipinski definition) is 4. The molecule has 0 aliphatic heterocycles. The third kappa shape index (κ3) is 22.5. The van der Waals surface area contributed by atoms with Gasteiger partial charge >= 0.3 is 12.3 Å². The van der Waals surface area contributed by atoms with Gasteiger partial charge in [0.15, 0.2) is 0 Å². The smallest absolute Gasteiger partial charge is 0.450 e. The third-order valence-corrected chi connectivity index (χ3v) is 4.24. The van der Waals surface area contributed by atoms with Gasteiger partial charge in [0.1, 0.15) is 0 Å². The van der Waals surface area contributed by atoms with Crippen LogP contribution in [0.15, 0.2) is 0 Å². The number of rotatable bonds is 18. The molecule has 0 aliphatic carbocycles. The lowest BCUT2D eigenvalue weighted by Crippen LogP contribution is -2.01. The van der Waals surface area contributed by atoms with Crippen LogP contribution in [0.1, 0.15) is 96.3 Å². The quantitative estimate of drug-likeness (QED) is 0.222. The van der Waals surface area contributed by atoms with Crippen LogP contribution in [0.4, 0.5) is 9.59 Å². The molecule has 0 aliphatic rings. The zero-order chi connectivity index (χ0) is 18.6. The first kappa shape index (κ1) is 23.5. The predicted molar refractivity (Wildman–Crippen MR) is 97.2 cm³/mol. The minimum absolute atomic E-state index is 0.325. The van der Waals surface area contributed by atoms with Gasteiger partial charge in [0, 0.05) is 0 Å². The van der Waals surface area contributed by atoms with Gasteiger partial charge < -0.3 is 19.7 Å². The van der Waals surface area contributed by atoms with E-state index in [1.807, 2.05) is 0 Å². The van der Waals surface area contributed by atoms with Crippen LogP contribution in [0.25, 0.3) is 0 Å². The molecular formula is C19H36O6. The zero-order valence-corrected chi connectivity index (χ0v) is 15.5. The molecule has 0 aromatic rings. The van der Waals surface area contributed by atoms with Crippen molar-refractivity contribution < 1.29 is 29.3 Å². The van der Waals surface area contributed by atoms with E-state index in [4.69, 9.17) is 10.2 Å². The summed E-state index contributed by atoms with van der Waals surface area (Å²) in [6, 6.07) is 0. The van der Waals surface area contributed by atoms with Gasteiger partial charge in [-0.3, -0.25) is 0 Å². The highest BCUT2D eigenvalue weighted by molar-refractivity contribution is 5.56. The van der Waals surface area contributed by atoms with Crippen molar-refractivity contribution in [3.8, 4) is 0 Å². The van der Waals surface area contributed by atoms with Gasteiger partial charge in [0.25, 0.3) is 0 Å². The zero-order valence-electron chi connectivity index (χ0n) is 15.5. The highest BCUT2D eigenvalue weighted by Crippen LogP contribution is 2.13. The van der Waals surface area contributed by atoms with Crippen LogP contribution in [0.5, 0.6) is 0 Å². The first-order valence-electron chi connectivity index (χ1n) is 9.84. The summed E-state index contributed by atoms with van der Waals surface area (Å²) >= 11 is 0. The second-order valence-corrected chi connectivity index (χ2v) is 6.53. The lowest BCUT2D eigenvalue weighted by molar-refractivity contribution is 0.0887. The van der Waals surface area contributed by atoms with Gasteiger partial charge in [0.05, 0.1) is 13.2 Å². The molecule has 0 radical (unpaired) electrons. The topological polar surface area (TPSA) is 93.1 Å². The average molecular weight is 360 g/mol. The maximum Gasteiger partial charge on any atom is 0.505 e. The molecule has 25 heavy (non-hydrogen) atoms. The Morgan fingerprint density at radius 1 is 0.440 bits per heavy atom. The first-order chi connectivity index (χ1) is 12.1. The Labute approximate surface area is 151 Å². The van der Waals surface area contributed by atoms with Crippen molar-refractivity contribution in [2.24, 2.45) is 0 Å². The molecule has 0 fully saturated rings. The van der Waals surface area contributed by atoms with E-state index in [9.17, 15) is 9.59 Å². The molecule has 2 N–H and O–H groups in total. The maximum absolute atomic E-state index is 10.1. The fraction of sp³-hybridized carbons (Fsp3) is 0.895. The maximum atomic E-state index is 10.1. The minimum Gasteiger partial charge on any atom is -0.450 e. The van der Waals surface area contributed by atoms with Crippen LogP contribution >= 0.6 is 0 Å². The van der Waals surface area contributed by atoms with Crippen LogP contribution in [0.2, 0.25) is 0 Å². The van der Waals surface area contributed by atoms with E-state index in [-0.39, 0.29) is 0 Å². The Bertz CT molecular complexity index is 289. The van der Waals surface area contributed by atoms with Crippen LogP contribution < -0.4 is 0 Å². The standard InChI is InChI=1S/C19H36O6/c20-18(21)24-16-14-12-10-8-6-4-2-1-3-5-7-9-11-13-15-17-25-19(22)23/h1-17H2,(H,20,21)(H,22,23). The number of hydrogen-bond donors (Lipinski definition) is 2. The van der Waals surface area contributed by atoms with Gasteiger partial charge in [-0.15, -0.1) is 0 Å². The molecule has 0 saturated carbocycles. The van der Waals surface area contributed by atoms with Crippen molar-refractivity contribution in [2.45, 2.75) is 96.3 Å². The molecule has 0 spiro atoms. The van der Waals surface area contributed by atoms with Crippen molar-refractivity contribution >= 4 is 12.3 Å². The summed E-state index contributed by atoms with van der Waals surface area (Å²) in [5.74, 6) is 0. The van der Waals surface area contributed by atoms with Crippen molar-refractivity contribution in [2.75, 3.05) is 13.2 Å². The molecule has 0 amide bonds. The molecule has 148 valence electrons. The van der Waals surface area contributed by atoms with Gasteiger partial charge in [0.2, 0.25) is 0 Å². The van der Waals surface area contributed by atoms with Crippen molar-refractivity contribution in [3.05, 3.63) is 0 Å². The number of unbranched alkanes of at least 4 members (excludes halogenated alkanes) is 14. The van der Waals surface area contributed by atoms with E-state index < -0.39 is 12.3 Å². The Morgan fingerprint density at radius 3 is 0.840 bits per heavy atom. The van der Waals surface area contributed by atoms with Crippen molar-refractivity contribution in [1.82, 2.24) is 0 Å². The van der Waals surface area contributed by atoms with Gasteiger partial charge in [-0.2, -0.15) is 0 Å². The van der Waals surface area contributed by atoms with Crippen LogP contribution in [0.3, 0.4) is 0 Å². The Morgan fingerprint density at radius 2 is 0.640 bits per heavy atom. The lowest BCUT2D eigenvalue weighted by atomic mass is 10.0. The molecule has 0 aromatic heterocycles. The summed E-state index contributed by atoms with van der Waals surface area (Å²) in [5, 5.41) is 16.6. The third-order valence-electron chi connectivity index (χ3n) is 4.24. The summed E-state index contributed by atoms with van der Waals surface area (Å²) in [7, 11) is 0. The van der Waals surface area contributed by atoms with Crippen molar-refractivity contribution in [3.63, 3.8) is 0 Å². The van der Waals surface area contributed by atoms with Crippen LogP contribution in [-0.2, 0) is 9.47 Å². The molecule has 0 bridgehead atoms. The second kappa shape index (κ2) is 18.9. The molecule has 0 rings (SSSR count).